The van der Waals surface area contributed by atoms with E-state index in [0.717, 1.165) is 55.5 Å². The third-order valence-corrected chi connectivity index (χ3v) is 5.04. The van der Waals surface area contributed by atoms with Gasteiger partial charge in [0.25, 0.3) is 0 Å². The number of aromatic nitrogens is 1. The molecular weight excluding hydrogens is 332 g/mol. The van der Waals surface area contributed by atoms with Gasteiger partial charge in [0.1, 0.15) is 11.6 Å². The Balaban J connectivity index is 1.67. The molecule has 2 heterocycles. The van der Waals surface area contributed by atoms with Crippen LogP contribution in [0.4, 0.5) is 20.2 Å². The quantitative estimate of drug-likeness (QED) is 0.794. The van der Waals surface area contributed by atoms with Crippen molar-refractivity contribution in [1.29, 1.82) is 0 Å². The van der Waals surface area contributed by atoms with Crippen LogP contribution in [0.3, 0.4) is 0 Å². The summed E-state index contributed by atoms with van der Waals surface area (Å²) in [5, 5.41) is 3.16. The molecule has 1 aromatic heterocycles. The first-order valence-corrected chi connectivity index (χ1v) is 9.16. The Morgan fingerprint density at radius 2 is 2.04 bits per heavy atom. The molecule has 0 atom stereocenters. The highest BCUT2D eigenvalue weighted by atomic mass is 19.1. The molecule has 1 N–H and O–H groups in total. The van der Waals surface area contributed by atoms with Gasteiger partial charge in [-0.1, -0.05) is 19.6 Å². The Kier molecular flexibility index (Phi) is 5.86. The monoisotopic (exact) mass is 357 g/mol. The number of anilines is 2. The molecule has 0 radical (unpaired) electrons. The van der Waals surface area contributed by atoms with Crippen LogP contribution < -0.4 is 10.2 Å². The lowest BCUT2D eigenvalue weighted by atomic mass is 9.89. The summed E-state index contributed by atoms with van der Waals surface area (Å²) in [6.45, 7) is 7.65. The lowest BCUT2D eigenvalue weighted by Crippen LogP contribution is -2.35. The van der Waals surface area contributed by atoms with E-state index >= 15 is 0 Å². The van der Waals surface area contributed by atoms with Crippen LogP contribution in [-0.4, -0.2) is 18.1 Å². The number of piperidine rings is 1. The Labute approximate surface area is 153 Å². The van der Waals surface area contributed by atoms with Gasteiger partial charge >= 0.3 is 0 Å². The molecule has 0 bridgehead atoms. The van der Waals surface area contributed by atoms with Crippen LogP contribution in [0.25, 0.3) is 0 Å². The maximum atomic E-state index is 13.9. The number of nitrogens with one attached hydrogen (secondary N) is 1. The molecule has 1 saturated heterocycles. The molecule has 2 aromatic rings. The van der Waals surface area contributed by atoms with Crippen molar-refractivity contribution in [3.05, 3.63) is 66.1 Å². The van der Waals surface area contributed by atoms with Gasteiger partial charge in [0.05, 0.1) is 17.6 Å². The minimum absolute atomic E-state index is 0.412. The SMILES string of the molecule is C=CNc1cnc(CC)cc1N1CCC(Cc2ccc(F)cc2F)CC1. The number of hydrogen-bond acceptors (Lipinski definition) is 3. The molecule has 0 spiro atoms. The minimum atomic E-state index is -0.521. The molecule has 3 rings (SSSR count). The third-order valence-electron chi connectivity index (χ3n) is 5.04. The van der Waals surface area contributed by atoms with E-state index in [1.54, 1.807) is 12.3 Å². The second kappa shape index (κ2) is 8.30. The van der Waals surface area contributed by atoms with E-state index in [2.05, 4.69) is 34.8 Å². The average Bonchev–Trinajstić information content (AvgIpc) is 2.65. The van der Waals surface area contributed by atoms with Crippen molar-refractivity contribution in [1.82, 2.24) is 4.98 Å². The Morgan fingerprint density at radius 1 is 1.27 bits per heavy atom. The molecular formula is C21H25F2N3. The van der Waals surface area contributed by atoms with Gasteiger partial charge in [-0.05, 0) is 55.5 Å². The summed E-state index contributed by atoms with van der Waals surface area (Å²) in [5.74, 6) is -0.547. The standard InChI is InChI=1S/C21H25F2N3/c1-3-18-13-21(20(14-25-18)24-4-2)26-9-7-15(8-10-26)11-16-5-6-17(22)12-19(16)23/h4-6,12-15,24H,2-3,7-11H2,1H3. The first-order valence-electron chi connectivity index (χ1n) is 9.16. The zero-order valence-corrected chi connectivity index (χ0v) is 15.1. The summed E-state index contributed by atoms with van der Waals surface area (Å²) in [7, 11) is 0. The van der Waals surface area contributed by atoms with E-state index in [1.165, 1.54) is 6.07 Å². The van der Waals surface area contributed by atoms with Crippen LogP contribution >= 0.6 is 0 Å². The second-order valence-electron chi connectivity index (χ2n) is 6.77. The molecule has 5 heteroatoms. The van der Waals surface area contributed by atoms with Crippen molar-refractivity contribution in [3.63, 3.8) is 0 Å². The molecule has 0 amide bonds. The van der Waals surface area contributed by atoms with Crippen LogP contribution in [0.5, 0.6) is 0 Å². The molecule has 3 nitrogen and oxygen atoms in total. The van der Waals surface area contributed by atoms with Gasteiger partial charge in [0.15, 0.2) is 0 Å². The van der Waals surface area contributed by atoms with Crippen LogP contribution in [0.1, 0.15) is 31.0 Å². The van der Waals surface area contributed by atoms with E-state index in [0.29, 0.717) is 17.9 Å². The van der Waals surface area contributed by atoms with Crippen molar-refractivity contribution in [2.75, 3.05) is 23.3 Å². The number of rotatable bonds is 6. The maximum Gasteiger partial charge on any atom is 0.129 e. The summed E-state index contributed by atoms with van der Waals surface area (Å²) in [4.78, 5) is 6.80. The number of benzene rings is 1. The molecule has 26 heavy (non-hydrogen) atoms. The van der Waals surface area contributed by atoms with Gasteiger partial charge in [0.2, 0.25) is 0 Å². The summed E-state index contributed by atoms with van der Waals surface area (Å²) in [5.41, 5.74) is 3.77. The zero-order valence-electron chi connectivity index (χ0n) is 15.1. The van der Waals surface area contributed by atoms with E-state index in [4.69, 9.17) is 0 Å². The van der Waals surface area contributed by atoms with Crippen molar-refractivity contribution in [3.8, 4) is 0 Å². The molecule has 1 fully saturated rings. The lowest BCUT2D eigenvalue weighted by molar-refractivity contribution is 0.397. The van der Waals surface area contributed by atoms with Crippen molar-refractivity contribution < 1.29 is 8.78 Å². The van der Waals surface area contributed by atoms with Gasteiger partial charge in [-0.3, -0.25) is 4.98 Å². The number of halogens is 2. The van der Waals surface area contributed by atoms with Crippen molar-refractivity contribution in [2.45, 2.75) is 32.6 Å². The molecule has 0 saturated carbocycles. The Bertz CT molecular complexity index is 768. The fraction of sp³-hybridized carbons (Fsp3) is 0.381. The van der Waals surface area contributed by atoms with Crippen molar-refractivity contribution >= 4 is 11.4 Å². The number of hydrogen-bond donors (Lipinski definition) is 1. The number of aryl methyl sites for hydroxylation is 1. The molecule has 0 aliphatic carbocycles. The highest BCUT2D eigenvalue weighted by Crippen LogP contribution is 2.31. The number of pyridine rings is 1. The van der Waals surface area contributed by atoms with E-state index < -0.39 is 11.6 Å². The lowest BCUT2D eigenvalue weighted by Gasteiger charge is -2.35. The first-order chi connectivity index (χ1) is 12.6. The van der Waals surface area contributed by atoms with Crippen LogP contribution in [0.2, 0.25) is 0 Å². The largest absolute Gasteiger partial charge is 0.370 e. The minimum Gasteiger partial charge on any atom is -0.370 e. The summed E-state index contributed by atoms with van der Waals surface area (Å²) < 4.78 is 27.0. The van der Waals surface area contributed by atoms with Gasteiger partial charge < -0.3 is 10.2 Å². The smallest absolute Gasteiger partial charge is 0.129 e. The predicted octanol–water partition coefficient (Wildman–Crippen LogP) is 4.94. The fourth-order valence-electron chi connectivity index (χ4n) is 3.54. The van der Waals surface area contributed by atoms with Crippen LogP contribution in [0.15, 0.2) is 43.2 Å². The van der Waals surface area contributed by atoms with E-state index in [-0.39, 0.29) is 0 Å². The summed E-state index contributed by atoms with van der Waals surface area (Å²) >= 11 is 0. The molecule has 0 unspecified atom stereocenters. The first kappa shape index (κ1) is 18.4. The summed E-state index contributed by atoms with van der Waals surface area (Å²) in [6, 6.07) is 6.01. The Morgan fingerprint density at radius 3 is 2.69 bits per heavy atom. The normalized spacial score (nSPS) is 15.1. The van der Waals surface area contributed by atoms with Crippen molar-refractivity contribution in [2.24, 2.45) is 5.92 Å². The fourth-order valence-corrected chi connectivity index (χ4v) is 3.54. The molecule has 1 aliphatic heterocycles. The van der Waals surface area contributed by atoms with Crippen LogP contribution in [-0.2, 0) is 12.8 Å². The highest BCUT2D eigenvalue weighted by Gasteiger charge is 2.22. The average molecular weight is 357 g/mol. The zero-order chi connectivity index (χ0) is 18.5. The third kappa shape index (κ3) is 4.21. The topological polar surface area (TPSA) is 28.2 Å². The van der Waals surface area contributed by atoms with E-state index in [1.807, 2.05) is 6.20 Å². The summed E-state index contributed by atoms with van der Waals surface area (Å²) in [6.07, 6.45) is 7.03. The number of nitrogens with zero attached hydrogens (tertiary/aromatic N) is 2. The highest BCUT2D eigenvalue weighted by molar-refractivity contribution is 5.70. The molecule has 138 valence electrons. The molecule has 1 aromatic carbocycles. The van der Waals surface area contributed by atoms with Gasteiger partial charge in [-0.2, -0.15) is 0 Å². The van der Waals surface area contributed by atoms with Gasteiger partial charge in [0, 0.05) is 24.8 Å². The van der Waals surface area contributed by atoms with Gasteiger partial charge in [-0.25, -0.2) is 8.78 Å². The molecule has 1 aliphatic rings. The van der Waals surface area contributed by atoms with Crippen LogP contribution in [0, 0.1) is 17.6 Å². The maximum absolute atomic E-state index is 13.9. The predicted molar refractivity (Wildman–Crippen MR) is 102 cm³/mol. The Hall–Kier alpha value is -2.43. The van der Waals surface area contributed by atoms with Gasteiger partial charge in [-0.15, -0.1) is 0 Å². The second-order valence-corrected chi connectivity index (χ2v) is 6.77. The van der Waals surface area contributed by atoms with E-state index in [9.17, 15) is 8.78 Å².